The molecule has 1 N–H and O–H groups in total. The van der Waals surface area contributed by atoms with Crippen LogP contribution in [0.2, 0.25) is 0 Å². The van der Waals surface area contributed by atoms with Crippen LogP contribution in [0.5, 0.6) is 0 Å². The van der Waals surface area contributed by atoms with E-state index in [1.807, 2.05) is 0 Å². The van der Waals surface area contributed by atoms with Gasteiger partial charge in [-0.05, 0) is 13.1 Å². The molecule has 0 saturated carbocycles. The summed E-state index contributed by atoms with van der Waals surface area (Å²) in [5, 5.41) is 2.80. The molecule has 1 aromatic carbocycles. The Morgan fingerprint density at radius 3 is 2.47 bits per heavy atom. The minimum atomic E-state index is -0.957. The average molecular weight is 268 g/mol. The van der Waals surface area contributed by atoms with Gasteiger partial charge in [0.1, 0.15) is 0 Å². The summed E-state index contributed by atoms with van der Waals surface area (Å²) in [6, 6.07) is 3.23. The van der Waals surface area contributed by atoms with Gasteiger partial charge in [-0.15, -0.1) is 0 Å². The summed E-state index contributed by atoms with van der Waals surface area (Å²) >= 11 is 0. The van der Waals surface area contributed by atoms with Crippen molar-refractivity contribution in [3.05, 3.63) is 35.4 Å². The first-order chi connectivity index (χ1) is 9.04. The van der Waals surface area contributed by atoms with Crippen LogP contribution in [0, 0.1) is 11.6 Å². The Labute approximate surface area is 109 Å². The highest BCUT2D eigenvalue weighted by Gasteiger charge is 2.31. The van der Waals surface area contributed by atoms with Gasteiger partial charge in [0, 0.05) is 24.9 Å². The Hall–Kier alpha value is -1.82. The van der Waals surface area contributed by atoms with E-state index in [4.69, 9.17) is 0 Å². The molecule has 1 atom stereocenters. The van der Waals surface area contributed by atoms with E-state index in [0.29, 0.717) is 0 Å². The number of nitrogens with zero attached hydrogens (tertiary/aromatic N) is 1. The predicted molar refractivity (Wildman–Crippen MR) is 64.1 cm³/mol. The number of halogens is 2. The molecule has 1 fully saturated rings. The quantitative estimate of drug-likeness (QED) is 0.839. The van der Waals surface area contributed by atoms with Crippen molar-refractivity contribution < 1.29 is 18.4 Å². The average Bonchev–Trinajstić information content (AvgIpc) is 2.70. The molecule has 2 rings (SSSR count). The summed E-state index contributed by atoms with van der Waals surface area (Å²) in [5.41, 5.74) is 0.106. The molecule has 1 unspecified atom stereocenters. The van der Waals surface area contributed by atoms with Gasteiger partial charge in [-0.2, -0.15) is 0 Å². The van der Waals surface area contributed by atoms with E-state index in [-0.39, 0.29) is 36.8 Å². The molecule has 1 heterocycles. The number of carbonyl (C=O) groups excluding carboxylic acids is 2. The Morgan fingerprint density at radius 1 is 1.26 bits per heavy atom. The number of likely N-dealkylation sites (tertiary alicyclic amines) is 1. The van der Waals surface area contributed by atoms with Crippen molar-refractivity contribution in [3.63, 3.8) is 0 Å². The van der Waals surface area contributed by atoms with Crippen molar-refractivity contribution in [1.29, 1.82) is 0 Å². The largest absolute Gasteiger partial charge is 0.311 e. The number of rotatable bonds is 4. The molecule has 4 nitrogen and oxygen atoms in total. The Kier molecular flexibility index (Phi) is 3.90. The van der Waals surface area contributed by atoms with Crippen molar-refractivity contribution >= 4 is 11.8 Å². The molecule has 1 saturated heterocycles. The highest BCUT2D eigenvalue weighted by atomic mass is 19.2. The standard InChI is InChI=1S/C13H14F2N2O2/c1-16-10(7-17-11(18)5-6-12(17)19)8-3-2-4-9(14)13(8)15/h2-4,10,16H,5-7H2,1H3. The van der Waals surface area contributed by atoms with Gasteiger partial charge in [0.05, 0.1) is 6.04 Å². The van der Waals surface area contributed by atoms with E-state index in [9.17, 15) is 18.4 Å². The molecule has 2 amide bonds. The number of imide groups is 1. The van der Waals surface area contributed by atoms with Crippen molar-refractivity contribution in [1.82, 2.24) is 10.2 Å². The van der Waals surface area contributed by atoms with E-state index in [2.05, 4.69) is 5.32 Å². The van der Waals surface area contributed by atoms with Gasteiger partial charge < -0.3 is 5.32 Å². The van der Waals surface area contributed by atoms with Crippen LogP contribution >= 0.6 is 0 Å². The Morgan fingerprint density at radius 2 is 1.89 bits per heavy atom. The molecule has 1 aromatic rings. The number of benzene rings is 1. The summed E-state index contributed by atoms with van der Waals surface area (Å²) in [5.74, 6) is -2.46. The molecule has 102 valence electrons. The van der Waals surface area contributed by atoms with Crippen molar-refractivity contribution in [2.24, 2.45) is 0 Å². The molecule has 0 radical (unpaired) electrons. The maximum atomic E-state index is 13.7. The normalized spacial score (nSPS) is 17.1. The fourth-order valence-electron chi connectivity index (χ4n) is 2.14. The van der Waals surface area contributed by atoms with Crippen LogP contribution in [-0.2, 0) is 9.59 Å². The van der Waals surface area contributed by atoms with Gasteiger partial charge in [-0.3, -0.25) is 14.5 Å². The lowest BCUT2D eigenvalue weighted by Crippen LogP contribution is -2.37. The Bertz CT molecular complexity index is 503. The van der Waals surface area contributed by atoms with Gasteiger partial charge >= 0.3 is 0 Å². The fraction of sp³-hybridized carbons (Fsp3) is 0.385. The highest BCUT2D eigenvalue weighted by molar-refractivity contribution is 6.01. The van der Waals surface area contributed by atoms with E-state index in [1.54, 1.807) is 7.05 Å². The van der Waals surface area contributed by atoms with Crippen LogP contribution in [-0.4, -0.2) is 30.3 Å². The zero-order valence-corrected chi connectivity index (χ0v) is 10.5. The zero-order chi connectivity index (χ0) is 14.0. The lowest BCUT2D eigenvalue weighted by Gasteiger charge is -2.23. The van der Waals surface area contributed by atoms with Crippen LogP contribution in [0.15, 0.2) is 18.2 Å². The maximum absolute atomic E-state index is 13.7. The third-order valence-corrected chi connectivity index (χ3v) is 3.23. The lowest BCUT2D eigenvalue weighted by atomic mass is 10.1. The first-order valence-electron chi connectivity index (χ1n) is 5.99. The van der Waals surface area contributed by atoms with Crippen molar-refractivity contribution in [2.45, 2.75) is 18.9 Å². The molecule has 1 aliphatic rings. The predicted octanol–water partition coefficient (Wildman–Crippen LogP) is 1.37. The first kappa shape index (κ1) is 13.6. The van der Waals surface area contributed by atoms with Gasteiger partial charge in [0.25, 0.3) is 0 Å². The molecular formula is C13H14F2N2O2. The monoisotopic (exact) mass is 268 g/mol. The van der Waals surface area contributed by atoms with Gasteiger partial charge in [0.2, 0.25) is 11.8 Å². The van der Waals surface area contributed by atoms with E-state index < -0.39 is 17.7 Å². The molecule has 0 aliphatic carbocycles. The fourth-order valence-corrected chi connectivity index (χ4v) is 2.14. The minimum Gasteiger partial charge on any atom is -0.311 e. The molecular weight excluding hydrogens is 254 g/mol. The van der Waals surface area contributed by atoms with Gasteiger partial charge in [-0.25, -0.2) is 8.78 Å². The maximum Gasteiger partial charge on any atom is 0.229 e. The number of carbonyl (C=O) groups is 2. The van der Waals surface area contributed by atoms with E-state index >= 15 is 0 Å². The molecule has 0 bridgehead atoms. The van der Waals surface area contributed by atoms with Crippen LogP contribution in [0.1, 0.15) is 24.4 Å². The molecule has 0 spiro atoms. The summed E-state index contributed by atoms with van der Waals surface area (Å²) in [6.07, 6.45) is 0.363. The second kappa shape index (κ2) is 5.44. The topological polar surface area (TPSA) is 49.4 Å². The van der Waals surface area contributed by atoms with Gasteiger partial charge in [0.15, 0.2) is 11.6 Å². The third-order valence-electron chi connectivity index (χ3n) is 3.23. The van der Waals surface area contributed by atoms with Crippen molar-refractivity contribution in [3.8, 4) is 0 Å². The SMILES string of the molecule is CNC(CN1C(=O)CCC1=O)c1cccc(F)c1F. The zero-order valence-electron chi connectivity index (χ0n) is 10.5. The van der Waals surface area contributed by atoms with E-state index in [0.717, 1.165) is 11.0 Å². The second-order valence-electron chi connectivity index (χ2n) is 4.38. The van der Waals surface area contributed by atoms with Gasteiger partial charge in [-0.1, -0.05) is 12.1 Å². The second-order valence-corrected chi connectivity index (χ2v) is 4.38. The Balaban J connectivity index is 2.23. The van der Waals surface area contributed by atoms with Crippen LogP contribution in [0.3, 0.4) is 0 Å². The van der Waals surface area contributed by atoms with Crippen molar-refractivity contribution in [2.75, 3.05) is 13.6 Å². The minimum absolute atomic E-state index is 0.00847. The number of hydrogen-bond acceptors (Lipinski definition) is 3. The summed E-state index contributed by atoms with van der Waals surface area (Å²) < 4.78 is 26.9. The smallest absolute Gasteiger partial charge is 0.229 e. The lowest BCUT2D eigenvalue weighted by molar-refractivity contribution is -0.138. The first-order valence-corrected chi connectivity index (χ1v) is 5.99. The van der Waals surface area contributed by atoms with Crippen LogP contribution in [0.25, 0.3) is 0 Å². The number of nitrogens with one attached hydrogen (secondary N) is 1. The number of amides is 2. The summed E-state index contributed by atoms with van der Waals surface area (Å²) in [6.45, 7) is 0.00847. The molecule has 0 aromatic heterocycles. The number of hydrogen-bond donors (Lipinski definition) is 1. The van der Waals surface area contributed by atoms with Crippen LogP contribution < -0.4 is 5.32 Å². The molecule has 1 aliphatic heterocycles. The van der Waals surface area contributed by atoms with E-state index in [1.165, 1.54) is 12.1 Å². The molecule has 19 heavy (non-hydrogen) atoms. The number of likely N-dealkylation sites (N-methyl/N-ethyl adjacent to an activating group) is 1. The molecule has 6 heteroatoms. The van der Waals surface area contributed by atoms with Crippen LogP contribution in [0.4, 0.5) is 8.78 Å². The summed E-state index contributed by atoms with van der Waals surface area (Å²) in [4.78, 5) is 24.1. The highest BCUT2D eigenvalue weighted by Crippen LogP contribution is 2.22. The summed E-state index contributed by atoms with van der Waals surface area (Å²) in [7, 11) is 1.57. The third kappa shape index (κ3) is 2.63.